The number of methoxy groups -OCH3 is 1. The van der Waals surface area contributed by atoms with E-state index in [-0.39, 0.29) is 6.61 Å². The van der Waals surface area contributed by atoms with Crippen LogP contribution in [0.15, 0.2) is 36.4 Å². The molecule has 2 aromatic rings. The fourth-order valence-corrected chi connectivity index (χ4v) is 2.33. The van der Waals surface area contributed by atoms with Crippen LogP contribution in [0.2, 0.25) is 0 Å². The molecule has 0 atom stereocenters. The van der Waals surface area contributed by atoms with Crippen molar-refractivity contribution in [3.63, 3.8) is 0 Å². The Morgan fingerprint density at radius 3 is 2.28 bits per heavy atom. The van der Waals surface area contributed by atoms with E-state index in [1.54, 1.807) is 7.11 Å². The van der Waals surface area contributed by atoms with Gasteiger partial charge in [-0.25, -0.2) is 0 Å². The van der Waals surface area contributed by atoms with Crippen LogP contribution >= 0.6 is 0 Å². The maximum atomic E-state index is 9.38. The first kappa shape index (κ1) is 12.7. The van der Waals surface area contributed by atoms with Crippen LogP contribution < -0.4 is 4.74 Å². The third-order valence-corrected chi connectivity index (χ3v) is 3.22. The van der Waals surface area contributed by atoms with Gasteiger partial charge in [-0.05, 0) is 48.2 Å². The molecule has 0 aromatic heterocycles. The molecule has 2 aromatic carbocycles. The highest BCUT2D eigenvalue weighted by atomic mass is 16.5. The Balaban J connectivity index is 2.58. The summed E-state index contributed by atoms with van der Waals surface area (Å²) in [6, 6.07) is 12.2. The van der Waals surface area contributed by atoms with Gasteiger partial charge in [0.05, 0.1) is 13.7 Å². The zero-order chi connectivity index (χ0) is 13.1. The SMILES string of the molecule is COc1ccc(-c2c(C)cccc2C)cc1CO. The van der Waals surface area contributed by atoms with Gasteiger partial charge in [0.2, 0.25) is 0 Å². The minimum absolute atomic E-state index is 0.0120. The van der Waals surface area contributed by atoms with Crippen molar-refractivity contribution < 1.29 is 9.84 Å². The number of rotatable bonds is 3. The summed E-state index contributed by atoms with van der Waals surface area (Å²) in [5.74, 6) is 0.729. The third-order valence-electron chi connectivity index (χ3n) is 3.22. The van der Waals surface area contributed by atoms with Gasteiger partial charge >= 0.3 is 0 Å². The van der Waals surface area contributed by atoms with Crippen LogP contribution in [-0.4, -0.2) is 12.2 Å². The first-order valence-electron chi connectivity index (χ1n) is 6.01. The van der Waals surface area contributed by atoms with E-state index in [4.69, 9.17) is 4.74 Å². The van der Waals surface area contributed by atoms with E-state index in [0.29, 0.717) is 0 Å². The average molecular weight is 242 g/mol. The van der Waals surface area contributed by atoms with Crippen molar-refractivity contribution in [2.45, 2.75) is 20.5 Å². The number of ether oxygens (including phenoxy) is 1. The predicted octanol–water partition coefficient (Wildman–Crippen LogP) is 3.47. The second kappa shape index (κ2) is 5.23. The van der Waals surface area contributed by atoms with Gasteiger partial charge in [0.1, 0.15) is 5.75 Å². The second-order valence-corrected chi connectivity index (χ2v) is 4.45. The van der Waals surface area contributed by atoms with Crippen LogP contribution in [0.1, 0.15) is 16.7 Å². The van der Waals surface area contributed by atoms with Crippen LogP contribution in [0.5, 0.6) is 5.75 Å². The van der Waals surface area contributed by atoms with Gasteiger partial charge in [0.15, 0.2) is 0 Å². The van der Waals surface area contributed by atoms with E-state index in [0.717, 1.165) is 16.9 Å². The molecule has 0 amide bonds. The molecule has 0 aliphatic heterocycles. The van der Waals surface area contributed by atoms with E-state index in [1.165, 1.54) is 16.7 Å². The highest BCUT2D eigenvalue weighted by molar-refractivity contribution is 5.72. The summed E-state index contributed by atoms with van der Waals surface area (Å²) < 4.78 is 5.23. The summed E-state index contributed by atoms with van der Waals surface area (Å²) >= 11 is 0. The smallest absolute Gasteiger partial charge is 0.124 e. The molecule has 0 bridgehead atoms. The Morgan fingerprint density at radius 2 is 1.72 bits per heavy atom. The number of aliphatic hydroxyl groups is 1. The first-order valence-corrected chi connectivity index (χ1v) is 6.01. The van der Waals surface area contributed by atoms with E-state index < -0.39 is 0 Å². The lowest BCUT2D eigenvalue weighted by Crippen LogP contribution is -1.94. The van der Waals surface area contributed by atoms with Crippen LogP contribution in [0, 0.1) is 13.8 Å². The Kier molecular flexibility index (Phi) is 3.68. The van der Waals surface area contributed by atoms with Crippen LogP contribution in [0.25, 0.3) is 11.1 Å². The normalized spacial score (nSPS) is 10.4. The monoisotopic (exact) mass is 242 g/mol. The van der Waals surface area contributed by atoms with Gasteiger partial charge in [-0.15, -0.1) is 0 Å². The molecule has 0 aliphatic carbocycles. The Hall–Kier alpha value is -1.80. The minimum Gasteiger partial charge on any atom is -0.496 e. The highest BCUT2D eigenvalue weighted by Crippen LogP contribution is 2.31. The zero-order valence-corrected chi connectivity index (χ0v) is 11.0. The fourth-order valence-electron chi connectivity index (χ4n) is 2.33. The van der Waals surface area contributed by atoms with Crippen molar-refractivity contribution in [1.29, 1.82) is 0 Å². The van der Waals surface area contributed by atoms with Crippen molar-refractivity contribution >= 4 is 0 Å². The lowest BCUT2D eigenvalue weighted by Gasteiger charge is -2.13. The molecule has 0 unspecified atom stereocenters. The molecular formula is C16H18O2. The zero-order valence-electron chi connectivity index (χ0n) is 11.0. The van der Waals surface area contributed by atoms with E-state index >= 15 is 0 Å². The third kappa shape index (κ3) is 2.24. The van der Waals surface area contributed by atoms with Crippen LogP contribution in [0.4, 0.5) is 0 Å². The summed E-state index contributed by atoms with van der Waals surface area (Å²) in [7, 11) is 1.62. The van der Waals surface area contributed by atoms with Gasteiger partial charge in [-0.3, -0.25) is 0 Å². The molecule has 1 N–H and O–H groups in total. The molecule has 2 nitrogen and oxygen atoms in total. The van der Waals surface area contributed by atoms with E-state index in [1.807, 2.05) is 18.2 Å². The van der Waals surface area contributed by atoms with Crippen LogP contribution in [-0.2, 0) is 6.61 Å². The molecule has 0 saturated carbocycles. The van der Waals surface area contributed by atoms with E-state index in [2.05, 4.69) is 32.0 Å². The van der Waals surface area contributed by atoms with Crippen molar-refractivity contribution in [2.75, 3.05) is 7.11 Å². The summed E-state index contributed by atoms with van der Waals surface area (Å²) in [6.45, 7) is 4.19. The number of benzene rings is 2. The summed E-state index contributed by atoms with van der Waals surface area (Å²) in [5.41, 5.74) is 5.65. The Bertz CT molecular complexity index is 539. The number of aliphatic hydroxyl groups excluding tert-OH is 1. The minimum atomic E-state index is -0.0120. The lowest BCUT2D eigenvalue weighted by molar-refractivity contribution is 0.274. The maximum Gasteiger partial charge on any atom is 0.124 e. The molecule has 0 heterocycles. The van der Waals surface area contributed by atoms with Gasteiger partial charge in [-0.2, -0.15) is 0 Å². The summed E-state index contributed by atoms with van der Waals surface area (Å²) in [5, 5.41) is 9.38. The van der Waals surface area contributed by atoms with Crippen molar-refractivity contribution in [3.05, 3.63) is 53.1 Å². The van der Waals surface area contributed by atoms with Gasteiger partial charge in [0, 0.05) is 5.56 Å². The van der Waals surface area contributed by atoms with Gasteiger partial charge < -0.3 is 9.84 Å². The largest absolute Gasteiger partial charge is 0.496 e. The number of hydrogen-bond acceptors (Lipinski definition) is 2. The van der Waals surface area contributed by atoms with Gasteiger partial charge in [0.25, 0.3) is 0 Å². The molecule has 2 heteroatoms. The fraction of sp³-hybridized carbons (Fsp3) is 0.250. The van der Waals surface area contributed by atoms with Gasteiger partial charge in [-0.1, -0.05) is 24.3 Å². The molecule has 0 aliphatic rings. The molecule has 0 radical (unpaired) electrons. The highest BCUT2D eigenvalue weighted by Gasteiger charge is 2.08. The first-order chi connectivity index (χ1) is 8.67. The molecule has 0 spiro atoms. The molecule has 18 heavy (non-hydrogen) atoms. The maximum absolute atomic E-state index is 9.38. The van der Waals surface area contributed by atoms with Crippen molar-refractivity contribution in [2.24, 2.45) is 0 Å². The summed E-state index contributed by atoms with van der Waals surface area (Å²) in [6.07, 6.45) is 0. The molecule has 94 valence electrons. The Labute approximate surface area is 108 Å². The molecule has 0 fully saturated rings. The molecule has 2 rings (SSSR count). The van der Waals surface area contributed by atoms with Crippen molar-refractivity contribution in [3.8, 4) is 16.9 Å². The quantitative estimate of drug-likeness (QED) is 0.893. The Morgan fingerprint density at radius 1 is 1.06 bits per heavy atom. The number of hydrogen-bond donors (Lipinski definition) is 1. The topological polar surface area (TPSA) is 29.5 Å². The number of aryl methyl sites for hydroxylation is 2. The lowest BCUT2D eigenvalue weighted by atomic mass is 9.94. The summed E-state index contributed by atoms with van der Waals surface area (Å²) in [4.78, 5) is 0. The second-order valence-electron chi connectivity index (χ2n) is 4.45. The molecular weight excluding hydrogens is 224 g/mol. The van der Waals surface area contributed by atoms with Crippen molar-refractivity contribution in [1.82, 2.24) is 0 Å². The standard InChI is InChI=1S/C16H18O2/c1-11-5-4-6-12(2)16(11)13-7-8-15(18-3)14(9-13)10-17/h4-9,17H,10H2,1-3H3. The van der Waals surface area contributed by atoms with E-state index in [9.17, 15) is 5.11 Å². The predicted molar refractivity (Wildman–Crippen MR) is 73.8 cm³/mol. The average Bonchev–Trinajstić information content (AvgIpc) is 2.38. The van der Waals surface area contributed by atoms with Crippen LogP contribution in [0.3, 0.4) is 0 Å². The molecule has 0 saturated heterocycles.